The zero-order valence-electron chi connectivity index (χ0n) is 11.8. The summed E-state index contributed by atoms with van der Waals surface area (Å²) in [6, 6.07) is 6.83. The maximum atomic E-state index is 11.6. The van der Waals surface area contributed by atoms with Gasteiger partial charge in [0, 0.05) is 6.42 Å². The van der Waals surface area contributed by atoms with Gasteiger partial charge in [0.25, 0.3) is 0 Å². The molecule has 0 aliphatic rings. The Balaban J connectivity index is 2.35. The van der Waals surface area contributed by atoms with Crippen molar-refractivity contribution in [3.8, 4) is 0 Å². The molecule has 0 heterocycles. The van der Waals surface area contributed by atoms with Crippen molar-refractivity contribution >= 4 is 17.9 Å². The van der Waals surface area contributed by atoms with Gasteiger partial charge in [0.2, 0.25) is 0 Å². The molecule has 8 nitrogen and oxygen atoms in total. The smallest absolute Gasteiger partial charge is 0.372 e. The minimum absolute atomic E-state index is 0.123. The quantitative estimate of drug-likeness (QED) is 0.462. The van der Waals surface area contributed by atoms with Gasteiger partial charge in [-0.3, -0.25) is 4.79 Å². The normalized spacial score (nSPS) is 13.0. The highest BCUT2D eigenvalue weighted by Crippen LogP contribution is 2.04. The fraction of sp³-hybridized carbons (Fsp3) is 0.357. The number of hydrogen-bond donors (Lipinski definition) is 3. The van der Waals surface area contributed by atoms with E-state index in [0.717, 1.165) is 5.56 Å². The fourth-order valence-electron chi connectivity index (χ4n) is 1.55. The van der Waals surface area contributed by atoms with Gasteiger partial charge in [-0.1, -0.05) is 30.3 Å². The van der Waals surface area contributed by atoms with E-state index in [9.17, 15) is 14.4 Å². The number of carboxylic acid groups (broad SMARTS) is 1. The zero-order valence-corrected chi connectivity index (χ0v) is 11.8. The van der Waals surface area contributed by atoms with Crippen LogP contribution in [0.25, 0.3) is 0 Å². The third-order valence-corrected chi connectivity index (χ3v) is 2.78. The van der Waals surface area contributed by atoms with Crippen LogP contribution in [0.2, 0.25) is 0 Å². The SMILES string of the molecule is NC(Cc1ccccc1)C(=O)OOC(=O)[C@H](N)CCC(=O)O. The van der Waals surface area contributed by atoms with Crippen LogP contribution < -0.4 is 11.5 Å². The molecule has 5 N–H and O–H groups in total. The molecule has 0 fully saturated rings. The Morgan fingerprint density at radius 3 is 2.09 bits per heavy atom. The average molecular weight is 310 g/mol. The van der Waals surface area contributed by atoms with Crippen molar-refractivity contribution in [3.05, 3.63) is 35.9 Å². The maximum Gasteiger partial charge on any atom is 0.372 e. The molecule has 1 rings (SSSR count). The number of carbonyl (C=O) groups is 3. The molecule has 0 radical (unpaired) electrons. The average Bonchev–Trinajstić information content (AvgIpc) is 2.50. The Bertz CT molecular complexity index is 519. The van der Waals surface area contributed by atoms with Crippen molar-refractivity contribution in [1.29, 1.82) is 0 Å². The molecule has 2 atom stereocenters. The molecular formula is C14H18N2O6. The molecule has 0 bridgehead atoms. The highest BCUT2D eigenvalue weighted by Gasteiger charge is 2.22. The van der Waals surface area contributed by atoms with Crippen molar-refractivity contribution in [3.63, 3.8) is 0 Å². The van der Waals surface area contributed by atoms with Gasteiger partial charge in [-0.15, -0.1) is 0 Å². The summed E-state index contributed by atoms with van der Waals surface area (Å²) < 4.78 is 0. The number of benzene rings is 1. The lowest BCUT2D eigenvalue weighted by atomic mass is 10.1. The molecule has 0 amide bonds. The molecule has 0 saturated heterocycles. The number of nitrogens with two attached hydrogens (primary N) is 2. The molecule has 0 saturated carbocycles. The number of carboxylic acids is 1. The Hall–Kier alpha value is -2.45. The minimum Gasteiger partial charge on any atom is -0.481 e. The van der Waals surface area contributed by atoms with Gasteiger partial charge < -0.3 is 16.6 Å². The monoisotopic (exact) mass is 310 g/mol. The summed E-state index contributed by atoms with van der Waals surface area (Å²) >= 11 is 0. The fourth-order valence-corrected chi connectivity index (χ4v) is 1.55. The molecule has 120 valence electrons. The first-order valence-corrected chi connectivity index (χ1v) is 6.59. The van der Waals surface area contributed by atoms with E-state index in [-0.39, 0.29) is 19.3 Å². The third-order valence-electron chi connectivity index (χ3n) is 2.78. The molecule has 1 aromatic rings. The lowest BCUT2D eigenvalue weighted by molar-refractivity contribution is -0.261. The van der Waals surface area contributed by atoms with Crippen LogP contribution in [0.5, 0.6) is 0 Å². The van der Waals surface area contributed by atoms with Crippen LogP contribution in [0, 0.1) is 0 Å². The molecular weight excluding hydrogens is 292 g/mol. The molecule has 0 aliphatic carbocycles. The first-order valence-electron chi connectivity index (χ1n) is 6.59. The third kappa shape index (κ3) is 6.33. The summed E-state index contributed by atoms with van der Waals surface area (Å²) in [5.74, 6) is -3.03. The molecule has 0 spiro atoms. The van der Waals surface area contributed by atoms with Crippen LogP contribution in [0.4, 0.5) is 0 Å². The predicted molar refractivity (Wildman–Crippen MR) is 75.2 cm³/mol. The van der Waals surface area contributed by atoms with Crippen molar-refractivity contribution < 1.29 is 29.3 Å². The number of rotatable bonds is 7. The van der Waals surface area contributed by atoms with Crippen LogP contribution in [0.15, 0.2) is 30.3 Å². The number of carbonyl (C=O) groups excluding carboxylic acids is 2. The molecule has 22 heavy (non-hydrogen) atoms. The standard InChI is InChI=1S/C14H18N2O6/c15-10(6-7-12(17)18)13(19)21-22-14(20)11(16)8-9-4-2-1-3-5-9/h1-5,10-11H,6-8,15-16H2,(H,17,18)/t10-,11?/m1/s1. The number of aliphatic carboxylic acids is 1. The Kier molecular flexibility index (Phi) is 7.00. The minimum atomic E-state index is -1.19. The van der Waals surface area contributed by atoms with Gasteiger partial charge in [0.15, 0.2) is 0 Å². The van der Waals surface area contributed by atoms with Gasteiger partial charge in [0.05, 0.1) is 0 Å². The first kappa shape index (κ1) is 17.6. The summed E-state index contributed by atoms with van der Waals surface area (Å²) in [6.07, 6.45) is -0.193. The van der Waals surface area contributed by atoms with Crippen molar-refractivity contribution in [2.75, 3.05) is 0 Å². The number of hydrogen-bond acceptors (Lipinski definition) is 7. The van der Waals surface area contributed by atoms with Crippen molar-refractivity contribution in [2.45, 2.75) is 31.3 Å². The van der Waals surface area contributed by atoms with E-state index in [2.05, 4.69) is 9.78 Å². The highest BCUT2D eigenvalue weighted by atomic mass is 17.2. The first-order chi connectivity index (χ1) is 10.4. The second-order valence-corrected chi connectivity index (χ2v) is 4.64. The predicted octanol–water partition coefficient (Wildman–Crippen LogP) is -0.250. The van der Waals surface area contributed by atoms with Gasteiger partial charge in [0.1, 0.15) is 12.1 Å². The zero-order chi connectivity index (χ0) is 16.5. The summed E-state index contributed by atoms with van der Waals surface area (Å²) in [4.78, 5) is 41.9. The molecule has 0 aromatic heterocycles. The second-order valence-electron chi connectivity index (χ2n) is 4.64. The van der Waals surface area contributed by atoms with Gasteiger partial charge >= 0.3 is 17.9 Å². The Morgan fingerprint density at radius 1 is 1.00 bits per heavy atom. The summed E-state index contributed by atoms with van der Waals surface area (Å²) in [7, 11) is 0. The maximum absolute atomic E-state index is 11.6. The van der Waals surface area contributed by atoms with E-state index in [1.165, 1.54) is 0 Å². The van der Waals surface area contributed by atoms with E-state index in [0.29, 0.717) is 0 Å². The largest absolute Gasteiger partial charge is 0.481 e. The Labute approximate surface area is 126 Å². The molecule has 1 aromatic carbocycles. The van der Waals surface area contributed by atoms with Crippen LogP contribution in [-0.4, -0.2) is 35.1 Å². The van der Waals surface area contributed by atoms with E-state index >= 15 is 0 Å². The summed E-state index contributed by atoms with van der Waals surface area (Å²) in [5.41, 5.74) is 11.9. The highest BCUT2D eigenvalue weighted by molar-refractivity contribution is 5.79. The topological polar surface area (TPSA) is 142 Å². The van der Waals surface area contributed by atoms with E-state index in [1.807, 2.05) is 6.07 Å². The molecule has 1 unspecified atom stereocenters. The lowest BCUT2D eigenvalue weighted by Crippen LogP contribution is -2.38. The van der Waals surface area contributed by atoms with E-state index < -0.39 is 30.0 Å². The van der Waals surface area contributed by atoms with Crippen LogP contribution in [0.1, 0.15) is 18.4 Å². The Morgan fingerprint density at radius 2 is 1.55 bits per heavy atom. The van der Waals surface area contributed by atoms with Crippen molar-refractivity contribution in [1.82, 2.24) is 0 Å². The molecule has 0 aliphatic heterocycles. The molecule has 8 heteroatoms. The van der Waals surface area contributed by atoms with E-state index in [4.69, 9.17) is 16.6 Å². The van der Waals surface area contributed by atoms with E-state index in [1.54, 1.807) is 24.3 Å². The van der Waals surface area contributed by atoms with Gasteiger partial charge in [-0.2, -0.15) is 0 Å². The van der Waals surface area contributed by atoms with Gasteiger partial charge in [-0.05, 0) is 18.4 Å². The van der Waals surface area contributed by atoms with Crippen molar-refractivity contribution in [2.24, 2.45) is 11.5 Å². The lowest BCUT2D eigenvalue weighted by Gasteiger charge is -2.11. The van der Waals surface area contributed by atoms with Crippen LogP contribution in [0.3, 0.4) is 0 Å². The van der Waals surface area contributed by atoms with Crippen LogP contribution in [-0.2, 0) is 30.6 Å². The second kappa shape index (κ2) is 8.75. The summed E-state index contributed by atoms with van der Waals surface area (Å²) in [6.45, 7) is 0. The summed E-state index contributed by atoms with van der Waals surface area (Å²) in [5, 5.41) is 8.47. The van der Waals surface area contributed by atoms with Crippen LogP contribution >= 0.6 is 0 Å². The van der Waals surface area contributed by atoms with Gasteiger partial charge in [-0.25, -0.2) is 19.4 Å².